The van der Waals surface area contributed by atoms with Crippen LogP contribution < -0.4 is 10.6 Å². The molecule has 4 heteroatoms. The van der Waals surface area contributed by atoms with E-state index in [0.29, 0.717) is 6.42 Å². The van der Waals surface area contributed by atoms with Crippen molar-refractivity contribution in [2.45, 2.75) is 19.4 Å². The number of rotatable bonds is 5. The lowest BCUT2D eigenvalue weighted by molar-refractivity contribution is -0.119. The molecule has 2 N–H and O–H groups in total. The van der Waals surface area contributed by atoms with Crippen molar-refractivity contribution in [3.05, 3.63) is 64.1 Å². The van der Waals surface area contributed by atoms with Crippen LogP contribution >= 0.6 is 15.9 Å². The fourth-order valence-corrected chi connectivity index (χ4v) is 2.77. The average molecular weight is 347 g/mol. The maximum absolute atomic E-state index is 11.3. The molecule has 0 aromatic heterocycles. The first kappa shape index (κ1) is 15.6. The van der Waals surface area contributed by atoms with E-state index in [9.17, 15) is 4.79 Å². The van der Waals surface area contributed by atoms with E-state index in [1.807, 2.05) is 42.5 Å². The van der Waals surface area contributed by atoms with Crippen LogP contribution in [0.25, 0.3) is 0 Å². The highest BCUT2D eigenvalue weighted by Crippen LogP contribution is 2.26. The Hall–Kier alpha value is -1.81. The number of benzene rings is 2. The summed E-state index contributed by atoms with van der Waals surface area (Å²) >= 11 is 3.57. The number of amides is 1. The Labute approximate surface area is 133 Å². The maximum atomic E-state index is 11.3. The number of nitrogens with one attached hydrogen (secondary N) is 2. The van der Waals surface area contributed by atoms with E-state index in [1.165, 1.54) is 5.56 Å². The van der Waals surface area contributed by atoms with Gasteiger partial charge in [-0.3, -0.25) is 4.79 Å². The highest BCUT2D eigenvalue weighted by molar-refractivity contribution is 9.10. The van der Waals surface area contributed by atoms with Crippen LogP contribution in [-0.4, -0.2) is 13.0 Å². The van der Waals surface area contributed by atoms with Crippen LogP contribution in [0.5, 0.6) is 0 Å². The van der Waals surface area contributed by atoms with Gasteiger partial charge in [-0.1, -0.05) is 46.3 Å². The van der Waals surface area contributed by atoms with Gasteiger partial charge in [0.05, 0.1) is 6.42 Å². The maximum Gasteiger partial charge on any atom is 0.224 e. The van der Waals surface area contributed by atoms with Gasteiger partial charge in [0.1, 0.15) is 0 Å². The summed E-state index contributed by atoms with van der Waals surface area (Å²) in [6.07, 6.45) is 0.413. The van der Waals surface area contributed by atoms with E-state index in [-0.39, 0.29) is 11.9 Å². The zero-order valence-corrected chi connectivity index (χ0v) is 13.8. The van der Waals surface area contributed by atoms with Crippen molar-refractivity contribution in [2.75, 3.05) is 12.4 Å². The molecule has 0 aliphatic carbocycles. The smallest absolute Gasteiger partial charge is 0.224 e. The van der Waals surface area contributed by atoms with Crippen molar-refractivity contribution >= 4 is 27.5 Å². The zero-order chi connectivity index (χ0) is 15.2. The summed E-state index contributed by atoms with van der Waals surface area (Å²) in [6.45, 7) is 2.12. The third-order valence-corrected chi connectivity index (χ3v) is 4.07. The summed E-state index contributed by atoms with van der Waals surface area (Å²) in [5.74, 6) is 0.0253. The molecule has 0 heterocycles. The van der Waals surface area contributed by atoms with Gasteiger partial charge in [0.15, 0.2) is 0 Å². The first-order valence-corrected chi connectivity index (χ1v) is 7.70. The van der Waals surface area contributed by atoms with Crippen LogP contribution in [0.2, 0.25) is 0 Å². The van der Waals surface area contributed by atoms with Crippen molar-refractivity contribution < 1.29 is 4.79 Å². The number of carbonyl (C=O) groups excluding carboxylic acids is 1. The monoisotopic (exact) mass is 346 g/mol. The lowest BCUT2D eigenvalue weighted by Gasteiger charge is -2.17. The second-order valence-electron chi connectivity index (χ2n) is 4.93. The molecule has 21 heavy (non-hydrogen) atoms. The Kier molecular flexibility index (Phi) is 5.39. The van der Waals surface area contributed by atoms with Crippen LogP contribution in [0.1, 0.15) is 24.1 Å². The molecule has 3 nitrogen and oxygen atoms in total. The van der Waals surface area contributed by atoms with E-state index in [0.717, 1.165) is 15.7 Å². The molecule has 2 aromatic rings. The van der Waals surface area contributed by atoms with Crippen molar-refractivity contribution in [2.24, 2.45) is 0 Å². The minimum Gasteiger partial charge on any atom is -0.378 e. The van der Waals surface area contributed by atoms with Crippen LogP contribution in [0, 0.1) is 0 Å². The summed E-state index contributed by atoms with van der Waals surface area (Å²) < 4.78 is 1.10. The van der Waals surface area contributed by atoms with Gasteiger partial charge in [-0.15, -0.1) is 0 Å². The largest absolute Gasteiger partial charge is 0.378 e. The lowest BCUT2D eigenvalue weighted by Crippen LogP contribution is -2.19. The van der Waals surface area contributed by atoms with Gasteiger partial charge in [0.25, 0.3) is 0 Å². The first-order chi connectivity index (χ1) is 10.1. The minimum absolute atomic E-state index is 0.0253. The Balaban J connectivity index is 2.03. The number of hydrogen-bond donors (Lipinski definition) is 2. The van der Waals surface area contributed by atoms with Gasteiger partial charge < -0.3 is 10.6 Å². The molecule has 0 aliphatic heterocycles. The molecule has 2 aromatic carbocycles. The standard InChI is InChI=1S/C17H19BrN2O/c1-12(15-5-3-4-6-16(15)18)20-14-9-7-13(8-10-14)11-17(21)19-2/h3-10,12,20H,11H2,1-2H3,(H,19,21). The summed E-state index contributed by atoms with van der Waals surface area (Å²) in [4.78, 5) is 11.3. The van der Waals surface area contributed by atoms with Gasteiger partial charge in [-0.05, 0) is 36.2 Å². The van der Waals surface area contributed by atoms with Crippen LogP contribution in [0.4, 0.5) is 5.69 Å². The van der Waals surface area contributed by atoms with Crippen molar-refractivity contribution in [3.8, 4) is 0 Å². The van der Waals surface area contributed by atoms with E-state index in [2.05, 4.69) is 39.6 Å². The second kappa shape index (κ2) is 7.27. The molecule has 110 valence electrons. The van der Waals surface area contributed by atoms with Gasteiger partial charge in [0.2, 0.25) is 5.91 Å². The Morgan fingerprint density at radius 3 is 2.43 bits per heavy atom. The number of carbonyl (C=O) groups is 1. The topological polar surface area (TPSA) is 41.1 Å². The molecule has 0 saturated carbocycles. The van der Waals surface area contributed by atoms with Gasteiger partial charge in [-0.2, -0.15) is 0 Å². The second-order valence-corrected chi connectivity index (χ2v) is 5.79. The highest BCUT2D eigenvalue weighted by Gasteiger charge is 2.08. The zero-order valence-electron chi connectivity index (χ0n) is 12.2. The van der Waals surface area contributed by atoms with Crippen molar-refractivity contribution in [3.63, 3.8) is 0 Å². The molecular weight excluding hydrogens is 328 g/mol. The molecule has 0 radical (unpaired) electrons. The number of hydrogen-bond acceptors (Lipinski definition) is 2. The SMILES string of the molecule is CNC(=O)Cc1ccc(NC(C)c2ccccc2Br)cc1. The summed E-state index contributed by atoms with van der Waals surface area (Å²) in [6, 6.07) is 16.3. The van der Waals surface area contributed by atoms with E-state index in [4.69, 9.17) is 0 Å². The Bertz CT molecular complexity index is 610. The van der Waals surface area contributed by atoms with E-state index >= 15 is 0 Å². The molecule has 0 aliphatic rings. The summed E-state index contributed by atoms with van der Waals surface area (Å²) in [7, 11) is 1.65. The van der Waals surface area contributed by atoms with Crippen LogP contribution in [-0.2, 0) is 11.2 Å². The molecule has 0 spiro atoms. The number of halogens is 1. The lowest BCUT2D eigenvalue weighted by atomic mass is 10.1. The third kappa shape index (κ3) is 4.33. The van der Waals surface area contributed by atoms with Crippen molar-refractivity contribution in [1.29, 1.82) is 0 Å². The molecule has 1 atom stereocenters. The molecule has 1 amide bonds. The van der Waals surface area contributed by atoms with E-state index in [1.54, 1.807) is 7.05 Å². The molecular formula is C17H19BrN2O. The Morgan fingerprint density at radius 1 is 1.14 bits per heavy atom. The number of anilines is 1. The van der Waals surface area contributed by atoms with Crippen molar-refractivity contribution in [1.82, 2.24) is 5.32 Å². The van der Waals surface area contributed by atoms with E-state index < -0.39 is 0 Å². The molecule has 1 unspecified atom stereocenters. The van der Waals surface area contributed by atoms with Gasteiger partial charge >= 0.3 is 0 Å². The van der Waals surface area contributed by atoms with Crippen LogP contribution in [0.15, 0.2) is 53.0 Å². The quantitative estimate of drug-likeness (QED) is 0.861. The fourth-order valence-electron chi connectivity index (χ4n) is 2.15. The fraction of sp³-hybridized carbons (Fsp3) is 0.235. The summed E-state index contributed by atoms with van der Waals surface area (Å²) in [5, 5.41) is 6.09. The normalized spacial score (nSPS) is 11.8. The van der Waals surface area contributed by atoms with Gasteiger partial charge in [0, 0.05) is 23.2 Å². The molecule has 0 bridgehead atoms. The average Bonchev–Trinajstić information content (AvgIpc) is 2.49. The summed E-state index contributed by atoms with van der Waals surface area (Å²) in [5.41, 5.74) is 3.26. The molecule has 2 rings (SSSR count). The first-order valence-electron chi connectivity index (χ1n) is 6.90. The predicted molar refractivity (Wildman–Crippen MR) is 90.4 cm³/mol. The Morgan fingerprint density at radius 2 is 1.81 bits per heavy atom. The molecule has 0 fully saturated rings. The minimum atomic E-state index is 0.0253. The predicted octanol–water partition coefficient (Wildman–Crippen LogP) is 3.91. The third-order valence-electron chi connectivity index (χ3n) is 3.35. The highest BCUT2D eigenvalue weighted by atomic mass is 79.9. The van der Waals surface area contributed by atoms with Gasteiger partial charge in [-0.25, -0.2) is 0 Å². The van der Waals surface area contributed by atoms with Crippen LogP contribution in [0.3, 0.4) is 0 Å². The number of likely N-dealkylation sites (N-methyl/N-ethyl adjacent to an activating group) is 1. The molecule has 0 saturated heterocycles.